The predicted molar refractivity (Wildman–Crippen MR) is 97.9 cm³/mol. The van der Waals surface area contributed by atoms with Crippen LogP contribution in [0.15, 0.2) is 47.4 Å². The second-order valence-corrected chi connectivity index (χ2v) is 8.38. The fraction of sp³-hybridized carbons (Fsp3) is 0.316. The third-order valence-electron chi connectivity index (χ3n) is 4.66. The number of amides is 1. The number of carbonyl (C=O) groups is 1. The van der Waals surface area contributed by atoms with Crippen molar-refractivity contribution < 1.29 is 17.6 Å². The number of hydrogen-bond donors (Lipinski definition) is 1. The Balaban J connectivity index is 1.84. The highest BCUT2D eigenvalue weighted by molar-refractivity contribution is 7.89. The molecule has 0 unspecified atom stereocenters. The lowest BCUT2D eigenvalue weighted by Gasteiger charge is -2.24. The highest BCUT2D eigenvalue weighted by Gasteiger charge is 2.39. The number of rotatable bonds is 4. The molecule has 0 aromatic heterocycles. The molecule has 7 heteroatoms. The summed E-state index contributed by atoms with van der Waals surface area (Å²) in [5.41, 5.74) is 1.64. The molecule has 1 heterocycles. The zero-order valence-corrected chi connectivity index (χ0v) is 15.5. The third kappa shape index (κ3) is 3.50. The maximum atomic E-state index is 13.7. The molecule has 1 atom stereocenters. The number of nitrogens with zero attached hydrogens (tertiary/aromatic N) is 1. The number of nitrogens with one attached hydrogen (secondary N) is 1. The van der Waals surface area contributed by atoms with Crippen molar-refractivity contribution in [3.8, 4) is 0 Å². The highest BCUT2D eigenvalue weighted by Crippen LogP contribution is 2.28. The quantitative estimate of drug-likeness (QED) is 0.891. The molecule has 1 aliphatic heterocycles. The van der Waals surface area contributed by atoms with Gasteiger partial charge in [0.05, 0.1) is 4.90 Å². The Kier molecular flexibility index (Phi) is 5.11. The molecule has 1 fully saturated rings. The SMILES string of the molecule is Cc1ccc(S(=O)(=O)N2CCC[C@@H]2C(=O)Nc2cccc(F)c2C)cc1. The molecule has 5 nitrogen and oxygen atoms in total. The van der Waals surface area contributed by atoms with Crippen LogP contribution in [0.4, 0.5) is 10.1 Å². The summed E-state index contributed by atoms with van der Waals surface area (Å²) in [6.45, 7) is 3.74. The van der Waals surface area contributed by atoms with Gasteiger partial charge in [0.15, 0.2) is 0 Å². The maximum Gasteiger partial charge on any atom is 0.243 e. The molecule has 0 radical (unpaired) electrons. The molecule has 1 amide bonds. The summed E-state index contributed by atoms with van der Waals surface area (Å²) in [6.07, 6.45) is 1.04. The van der Waals surface area contributed by atoms with Crippen LogP contribution in [-0.2, 0) is 14.8 Å². The lowest BCUT2D eigenvalue weighted by molar-refractivity contribution is -0.119. The van der Waals surface area contributed by atoms with Gasteiger partial charge in [-0.15, -0.1) is 0 Å². The summed E-state index contributed by atoms with van der Waals surface area (Å²) in [7, 11) is -3.76. The van der Waals surface area contributed by atoms with Crippen LogP contribution in [0.5, 0.6) is 0 Å². The standard InChI is InChI=1S/C19H21FN2O3S/c1-13-8-10-15(11-9-13)26(24,25)22-12-4-7-18(22)19(23)21-17-6-3-5-16(20)14(17)2/h3,5-6,8-11,18H,4,7,12H2,1-2H3,(H,21,23)/t18-/m1/s1. The minimum Gasteiger partial charge on any atom is -0.324 e. The van der Waals surface area contributed by atoms with Crippen molar-refractivity contribution in [2.24, 2.45) is 0 Å². The summed E-state index contributed by atoms with van der Waals surface area (Å²) in [5, 5.41) is 2.67. The van der Waals surface area contributed by atoms with E-state index in [4.69, 9.17) is 0 Å². The first-order valence-electron chi connectivity index (χ1n) is 8.45. The molecule has 1 N–H and O–H groups in total. The Labute approximate surface area is 152 Å². The number of aryl methyl sites for hydroxylation is 1. The highest BCUT2D eigenvalue weighted by atomic mass is 32.2. The molecule has 0 spiro atoms. The van der Waals surface area contributed by atoms with E-state index in [9.17, 15) is 17.6 Å². The zero-order chi connectivity index (χ0) is 18.9. The number of carbonyl (C=O) groups excluding carboxylic acids is 1. The zero-order valence-electron chi connectivity index (χ0n) is 14.7. The van der Waals surface area contributed by atoms with Crippen molar-refractivity contribution in [1.29, 1.82) is 0 Å². The lowest BCUT2D eigenvalue weighted by Crippen LogP contribution is -2.43. The van der Waals surface area contributed by atoms with E-state index in [0.29, 0.717) is 24.1 Å². The van der Waals surface area contributed by atoms with Crippen molar-refractivity contribution >= 4 is 21.6 Å². The van der Waals surface area contributed by atoms with Crippen LogP contribution >= 0.6 is 0 Å². The minimum absolute atomic E-state index is 0.171. The Hall–Kier alpha value is -2.25. The number of sulfonamides is 1. The van der Waals surface area contributed by atoms with Crippen LogP contribution < -0.4 is 5.32 Å². The van der Waals surface area contributed by atoms with E-state index in [1.54, 1.807) is 37.3 Å². The van der Waals surface area contributed by atoms with Crippen molar-refractivity contribution in [3.63, 3.8) is 0 Å². The van der Waals surface area contributed by atoms with Crippen LogP contribution in [0.25, 0.3) is 0 Å². The van der Waals surface area contributed by atoms with Gasteiger partial charge in [-0.2, -0.15) is 4.31 Å². The summed E-state index contributed by atoms with van der Waals surface area (Å²) in [6, 6.07) is 10.2. The lowest BCUT2D eigenvalue weighted by atomic mass is 10.1. The average molecular weight is 376 g/mol. The Morgan fingerprint density at radius 1 is 1.15 bits per heavy atom. The second kappa shape index (κ2) is 7.17. The summed E-state index contributed by atoms with van der Waals surface area (Å²) in [4.78, 5) is 12.9. The molecule has 26 heavy (non-hydrogen) atoms. The monoisotopic (exact) mass is 376 g/mol. The van der Waals surface area contributed by atoms with Crippen LogP contribution in [0, 0.1) is 19.7 Å². The normalized spacial score (nSPS) is 18.0. The van der Waals surface area contributed by atoms with Gasteiger partial charge < -0.3 is 5.32 Å². The molecule has 0 aliphatic carbocycles. The Morgan fingerprint density at radius 3 is 2.54 bits per heavy atom. The first-order valence-corrected chi connectivity index (χ1v) is 9.89. The van der Waals surface area contributed by atoms with Crippen LogP contribution in [0.1, 0.15) is 24.0 Å². The van der Waals surface area contributed by atoms with Gasteiger partial charge in [0.2, 0.25) is 15.9 Å². The van der Waals surface area contributed by atoms with E-state index in [-0.39, 0.29) is 11.4 Å². The number of halogens is 1. The van der Waals surface area contributed by atoms with Crippen LogP contribution in [-0.4, -0.2) is 31.2 Å². The maximum absolute atomic E-state index is 13.7. The summed E-state index contributed by atoms with van der Waals surface area (Å²) >= 11 is 0. The van der Waals surface area contributed by atoms with Gasteiger partial charge in [0.25, 0.3) is 0 Å². The van der Waals surface area contributed by atoms with E-state index in [0.717, 1.165) is 5.56 Å². The van der Waals surface area contributed by atoms with Gasteiger partial charge in [0.1, 0.15) is 11.9 Å². The molecule has 2 aromatic carbocycles. The molecule has 2 aromatic rings. The fourth-order valence-corrected chi connectivity index (χ4v) is 4.75. The molecular weight excluding hydrogens is 355 g/mol. The number of benzene rings is 2. The first kappa shape index (κ1) is 18.5. The molecule has 1 aliphatic rings. The van der Waals surface area contributed by atoms with Gasteiger partial charge in [-0.3, -0.25) is 4.79 Å². The Bertz CT molecular complexity index is 926. The second-order valence-electron chi connectivity index (χ2n) is 6.49. The van der Waals surface area contributed by atoms with Gasteiger partial charge in [0, 0.05) is 17.8 Å². The van der Waals surface area contributed by atoms with Crippen LogP contribution in [0.2, 0.25) is 0 Å². The topological polar surface area (TPSA) is 66.5 Å². The molecule has 138 valence electrons. The van der Waals surface area contributed by atoms with E-state index >= 15 is 0 Å². The van der Waals surface area contributed by atoms with E-state index in [1.165, 1.54) is 16.4 Å². The van der Waals surface area contributed by atoms with Crippen LogP contribution in [0.3, 0.4) is 0 Å². The van der Waals surface area contributed by atoms with E-state index in [2.05, 4.69) is 5.32 Å². The third-order valence-corrected chi connectivity index (χ3v) is 6.58. The molecule has 3 rings (SSSR count). The fourth-order valence-electron chi connectivity index (χ4n) is 3.09. The Morgan fingerprint density at radius 2 is 1.85 bits per heavy atom. The van der Waals surface area contributed by atoms with Crippen molar-refractivity contribution in [2.45, 2.75) is 37.6 Å². The van der Waals surface area contributed by atoms with Gasteiger partial charge in [-0.25, -0.2) is 12.8 Å². The molecule has 1 saturated heterocycles. The van der Waals surface area contributed by atoms with Crippen molar-refractivity contribution in [3.05, 3.63) is 59.4 Å². The minimum atomic E-state index is -3.76. The van der Waals surface area contributed by atoms with Gasteiger partial charge in [-0.1, -0.05) is 23.8 Å². The first-order chi connectivity index (χ1) is 12.3. The van der Waals surface area contributed by atoms with Gasteiger partial charge in [-0.05, 0) is 51.0 Å². The molecule has 0 bridgehead atoms. The van der Waals surface area contributed by atoms with E-state index < -0.39 is 27.8 Å². The number of hydrogen-bond acceptors (Lipinski definition) is 3. The summed E-state index contributed by atoms with van der Waals surface area (Å²) < 4.78 is 40.7. The predicted octanol–water partition coefficient (Wildman–Crippen LogP) is 3.23. The van der Waals surface area contributed by atoms with E-state index in [1.807, 2.05) is 6.92 Å². The largest absolute Gasteiger partial charge is 0.324 e. The summed E-state index contributed by atoms with van der Waals surface area (Å²) in [5.74, 6) is -0.856. The van der Waals surface area contributed by atoms with Crippen molar-refractivity contribution in [2.75, 3.05) is 11.9 Å². The number of anilines is 1. The van der Waals surface area contributed by atoms with Crippen molar-refractivity contribution in [1.82, 2.24) is 4.31 Å². The van der Waals surface area contributed by atoms with Gasteiger partial charge >= 0.3 is 0 Å². The molecular formula is C19H21FN2O3S. The smallest absolute Gasteiger partial charge is 0.243 e. The average Bonchev–Trinajstić information content (AvgIpc) is 3.10. The molecule has 0 saturated carbocycles.